The summed E-state index contributed by atoms with van der Waals surface area (Å²) in [5.41, 5.74) is 4.30. The topological polar surface area (TPSA) is 107 Å². The van der Waals surface area contributed by atoms with Crippen molar-refractivity contribution < 1.29 is 24.5 Å². The number of phenolic OH excluding ortho intramolecular Hbond substituents is 1. The molecule has 2 aromatic carbocycles. The molecule has 5 rings (SSSR count). The summed E-state index contributed by atoms with van der Waals surface area (Å²) in [5.74, 6) is 2.35. The third kappa shape index (κ3) is 7.83. The number of anilines is 1. The van der Waals surface area contributed by atoms with Gasteiger partial charge in [0, 0.05) is 57.6 Å². The molecule has 1 saturated heterocycles. The van der Waals surface area contributed by atoms with Crippen molar-refractivity contribution in [2.24, 2.45) is 11.8 Å². The second-order valence-corrected chi connectivity index (χ2v) is 12.0. The summed E-state index contributed by atoms with van der Waals surface area (Å²) < 4.78 is 11.5. The van der Waals surface area contributed by atoms with E-state index < -0.39 is 6.10 Å². The molecular weight excluding hydrogens is 532 g/mol. The first-order valence-corrected chi connectivity index (χ1v) is 15.3. The first-order chi connectivity index (χ1) is 20.4. The van der Waals surface area contributed by atoms with Crippen molar-refractivity contribution in [1.29, 1.82) is 0 Å². The number of amides is 1. The van der Waals surface area contributed by atoms with Gasteiger partial charge in [0.05, 0.1) is 25.7 Å². The number of likely N-dealkylation sites (tertiary alicyclic amines) is 1. The predicted molar refractivity (Wildman–Crippen MR) is 164 cm³/mol. The Morgan fingerprint density at radius 1 is 1.21 bits per heavy atom. The molecule has 3 atom stereocenters. The minimum Gasteiger partial charge on any atom is -0.506 e. The third-order valence-electron chi connectivity index (χ3n) is 8.80. The molecule has 2 fully saturated rings. The number of carbonyl (C=O) groups excluding carboxylic acids is 1. The summed E-state index contributed by atoms with van der Waals surface area (Å²) in [7, 11) is 1.78. The zero-order valence-electron chi connectivity index (χ0n) is 24.8. The molecule has 9 heteroatoms. The lowest BCUT2D eigenvalue weighted by atomic mass is 10.0. The lowest BCUT2D eigenvalue weighted by molar-refractivity contribution is -0.131. The lowest BCUT2D eigenvalue weighted by Gasteiger charge is -2.26. The van der Waals surface area contributed by atoms with Crippen LogP contribution in [0.15, 0.2) is 48.7 Å². The van der Waals surface area contributed by atoms with E-state index in [4.69, 9.17) is 9.47 Å². The van der Waals surface area contributed by atoms with Crippen LogP contribution in [0.25, 0.3) is 0 Å². The number of carbonyl (C=O) groups is 1. The molecule has 0 aromatic heterocycles. The Balaban J connectivity index is 0.944. The van der Waals surface area contributed by atoms with Gasteiger partial charge in [-0.05, 0) is 54.4 Å². The highest BCUT2D eigenvalue weighted by atomic mass is 16.5. The standard InChI is InChI=1S/C33H46N4O5/c1-23-22-42-33-28(9-10-29(38)32(33)35-23)30(39)18-34-13-14-36(2)31(40)12-16-41-15-11-24-5-3-6-25(17-24)19-37-20-26-7-4-8-27(26)21-37/h3,5-6,9-10,17,26-27,30,34-35,38-39H,1,4,7-8,11-16,18-22H2,2H3. The normalized spacial score (nSPS) is 20.5. The van der Waals surface area contributed by atoms with E-state index in [0.29, 0.717) is 55.4 Å². The van der Waals surface area contributed by atoms with E-state index in [1.54, 1.807) is 18.0 Å². The molecule has 228 valence electrons. The molecule has 2 aliphatic heterocycles. The van der Waals surface area contributed by atoms with Crippen LogP contribution < -0.4 is 15.4 Å². The molecular formula is C33H46N4O5. The monoisotopic (exact) mass is 578 g/mol. The Morgan fingerprint density at radius 2 is 2.00 bits per heavy atom. The number of hydrogen-bond acceptors (Lipinski definition) is 8. The van der Waals surface area contributed by atoms with Crippen molar-refractivity contribution in [2.75, 3.05) is 64.9 Å². The molecule has 0 spiro atoms. The number of aliphatic hydroxyl groups excluding tert-OH is 1. The molecule has 0 radical (unpaired) electrons. The quantitative estimate of drug-likeness (QED) is 0.199. The minimum absolute atomic E-state index is 0.0297. The van der Waals surface area contributed by atoms with Crippen molar-refractivity contribution in [3.8, 4) is 11.5 Å². The highest BCUT2D eigenvalue weighted by Crippen LogP contribution is 2.42. The number of aliphatic hydroxyl groups is 1. The molecule has 4 N–H and O–H groups in total. The van der Waals surface area contributed by atoms with Gasteiger partial charge in [-0.1, -0.05) is 37.3 Å². The van der Waals surface area contributed by atoms with Crippen LogP contribution in [0.2, 0.25) is 0 Å². The average molecular weight is 579 g/mol. The largest absolute Gasteiger partial charge is 0.506 e. The summed E-state index contributed by atoms with van der Waals surface area (Å²) in [5, 5.41) is 27.0. The fourth-order valence-corrected chi connectivity index (χ4v) is 6.46. The van der Waals surface area contributed by atoms with Crippen LogP contribution in [0.1, 0.15) is 48.5 Å². The van der Waals surface area contributed by atoms with Crippen LogP contribution in [0, 0.1) is 11.8 Å². The number of likely N-dealkylation sites (N-methyl/N-ethyl adjacent to an activating group) is 1. The zero-order valence-corrected chi connectivity index (χ0v) is 24.8. The molecule has 3 aliphatic rings. The molecule has 1 aliphatic carbocycles. The number of benzene rings is 2. The van der Waals surface area contributed by atoms with Gasteiger partial charge in [-0.2, -0.15) is 0 Å². The fourth-order valence-electron chi connectivity index (χ4n) is 6.46. The summed E-state index contributed by atoms with van der Waals surface area (Å²) in [6, 6.07) is 12.0. The second kappa shape index (κ2) is 14.4. The first kappa shape index (κ1) is 30.4. The molecule has 3 unspecified atom stereocenters. The molecule has 1 amide bonds. The van der Waals surface area contributed by atoms with Crippen LogP contribution in [-0.2, 0) is 22.5 Å². The summed E-state index contributed by atoms with van der Waals surface area (Å²) in [6.07, 6.45) is 4.59. The van der Waals surface area contributed by atoms with E-state index in [1.165, 1.54) is 49.5 Å². The highest BCUT2D eigenvalue weighted by molar-refractivity contribution is 5.76. The van der Waals surface area contributed by atoms with Gasteiger partial charge < -0.3 is 35.2 Å². The molecule has 0 bridgehead atoms. The van der Waals surface area contributed by atoms with Gasteiger partial charge in [0.2, 0.25) is 5.91 Å². The van der Waals surface area contributed by atoms with Gasteiger partial charge in [0.15, 0.2) is 5.75 Å². The maximum absolute atomic E-state index is 12.5. The maximum Gasteiger partial charge on any atom is 0.224 e. The second-order valence-electron chi connectivity index (χ2n) is 12.0. The lowest BCUT2D eigenvalue weighted by Crippen LogP contribution is -2.35. The van der Waals surface area contributed by atoms with Crippen LogP contribution in [0.3, 0.4) is 0 Å². The first-order valence-electron chi connectivity index (χ1n) is 15.3. The van der Waals surface area contributed by atoms with Gasteiger partial charge in [0.25, 0.3) is 0 Å². The Labute approximate surface area is 249 Å². The van der Waals surface area contributed by atoms with Crippen LogP contribution in [0.4, 0.5) is 5.69 Å². The smallest absolute Gasteiger partial charge is 0.224 e. The van der Waals surface area contributed by atoms with E-state index in [-0.39, 0.29) is 24.8 Å². The van der Waals surface area contributed by atoms with Gasteiger partial charge in [-0.25, -0.2) is 0 Å². The Morgan fingerprint density at radius 3 is 2.81 bits per heavy atom. The minimum atomic E-state index is -0.831. The average Bonchev–Trinajstić information content (AvgIpc) is 3.57. The Bertz CT molecular complexity index is 1220. The number of hydrogen-bond donors (Lipinski definition) is 4. The van der Waals surface area contributed by atoms with Crippen molar-refractivity contribution >= 4 is 11.6 Å². The van der Waals surface area contributed by atoms with Crippen LogP contribution in [0.5, 0.6) is 11.5 Å². The fraction of sp³-hybridized carbons (Fsp3) is 0.545. The number of aromatic hydroxyl groups is 1. The SMILES string of the molecule is C=C1COc2c(C(O)CNCCN(C)C(=O)CCOCCc3cccc(CN4CC5CCCC5C4)c3)ccc(O)c2N1. The summed E-state index contributed by atoms with van der Waals surface area (Å²) in [6.45, 7) is 9.97. The number of phenols is 1. The molecule has 1 saturated carbocycles. The van der Waals surface area contributed by atoms with Crippen molar-refractivity contribution in [1.82, 2.24) is 15.1 Å². The summed E-state index contributed by atoms with van der Waals surface area (Å²) >= 11 is 0. The van der Waals surface area contributed by atoms with E-state index >= 15 is 0 Å². The summed E-state index contributed by atoms with van der Waals surface area (Å²) in [4.78, 5) is 16.8. The van der Waals surface area contributed by atoms with Crippen LogP contribution in [-0.4, -0.2) is 85.5 Å². The Kier molecular flexibility index (Phi) is 10.4. The van der Waals surface area contributed by atoms with E-state index in [9.17, 15) is 15.0 Å². The Hall–Kier alpha value is -3.11. The van der Waals surface area contributed by atoms with Crippen molar-refractivity contribution in [3.05, 3.63) is 65.4 Å². The van der Waals surface area contributed by atoms with Gasteiger partial charge in [0.1, 0.15) is 18.0 Å². The number of rotatable bonds is 14. The molecule has 2 aromatic rings. The van der Waals surface area contributed by atoms with Gasteiger partial charge in [-0.3, -0.25) is 9.69 Å². The van der Waals surface area contributed by atoms with Crippen molar-refractivity contribution in [2.45, 2.75) is 44.8 Å². The predicted octanol–water partition coefficient (Wildman–Crippen LogP) is 3.67. The van der Waals surface area contributed by atoms with Gasteiger partial charge in [-0.15, -0.1) is 0 Å². The van der Waals surface area contributed by atoms with Crippen molar-refractivity contribution in [3.63, 3.8) is 0 Å². The highest BCUT2D eigenvalue weighted by Gasteiger charge is 2.35. The van der Waals surface area contributed by atoms with Crippen LogP contribution >= 0.6 is 0 Å². The molecule has 9 nitrogen and oxygen atoms in total. The number of nitrogens with zero attached hydrogens (tertiary/aromatic N) is 2. The van der Waals surface area contributed by atoms with E-state index in [2.05, 4.69) is 46.4 Å². The number of ether oxygens (including phenoxy) is 2. The number of nitrogens with one attached hydrogen (secondary N) is 2. The number of fused-ring (bicyclic) bond motifs is 2. The van der Waals surface area contributed by atoms with Gasteiger partial charge >= 0.3 is 0 Å². The third-order valence-corrected chi connectivity index (χ3v) is 8.80. The molecule has 42 heavy (non-hydrogen) atoms. The maximum atomic E-state index is 12.5. The zero-order chi connectivity index (χ0) is 29.5. The molecule has 2 heterocycles. The van der Waals surface area contributed by atoms with E-state index in [1.807, 2.05) is 0 Å². The van der Waals surface area contributed by atoms with E-state index in [0.717, 1.165) is 24.8 Å².